The van der Waals surface area contributed by atoms with Gasteiger partial charge in [-0.3, -0.25) is 0 Å². The highest BCUT2D eigenvalue weighted by Gasteiger charge is 2.36. The van der Waals surface area contributed by atoms with Crippen LogP contribution >= 0.6 is 0 Å². The number of rotatable bonds is 36. The van der Waals surface area contributed by atoms with Gasteiger partial charge in [0.1, 0.15) is 0 Å². The topological polar surface area (TPSA) is 283 Å². The summed E-state index contributed by atoms with van der Waals surface area (Å²) in [4.78, 5) is 0. The van der Waals surface area contributed by atoms with Crippen LogP contribution in [0.4, 0.5) is 0 Å². The molecule has 0 radical (unpaired) electrons. The molecular formula is C57H124O14. The van der Waals surface area contributed by atoms with Gasteiger partial charge in [0.05, 0.1) is 74.3 Å². The molecule has 0 aliphatic carbocycles. The summed E-state index contributed by atoms with van der Waals surface area (Å²) in [6, 6.07) is 0. The molecule has 0 aromatic carbocycles. The molecule has 71 heavy (non-hydrogen) atoms. The first-order valence-corrected chi connectivity index (χ1v) is 27.7. The minimum Gasteiger partial charge on any atom is -0.396 e. The summed E-state index contributed by atoms with van der Waals surface area (Å²) in [5.74, 6) is -1.60. The first-order valence-electron chi connectivity index (χ1n) is 27.7. The Morgan fingerprint density at radius 3 is 0.676 bits per heavy atom. The molecule has 0 fully saturated rings. The van der Waals surface area contributed by atoms with E-state index in [-0.39, 0.29) is 54.1 Å². The van der Waals surface area contributed by atoms with Crippen molar-refractivity contribution in [3.05, 3.63) is 0 Å². The molecule has 14 N–H and O–H groups in total. The summed E-state index contributed by atoms with van der Waals surface area (Å²) >= 11 is 0. The van der Waals surface area contributed by atoms with Crippen molar-refractivity contribution >= 4 is 0 Å². The molecule has 436 valence electrons. The fraction of sp³-hybridized carbons (Fsp3) is 1.00. The number of aliphatic hydroxyl groups excluding tert-OH is 14. The predicted octanol–water partition coefficient (Wildman–Crippen LogP) is 7.91. The number of aliphatic hydroxyl groups is 14. The smallest absolute Gasteiger partial charge is 0.0850 e. The summed E-state index contributed by atoms with van der Waals surface area (Å²) in [6.07, 6.45) is 8.04. The van der Waals surface area contributed by atoms with E-state index in [1.165, 1.54) is 0 Å². The minimum atomic E-state index is -1.00. The van der Waals surface area contributed by atoms with Crippen molar-refractivity contribution in [1.82, 2.24) is 0 Å². The van der Waals surface area contributed by atoms with Crippen LogP contribution in [0.15, 0.2) is 0 Å². The lowest BCUT2D eigenvalue weighted by Gasteiger charge is -2.34. The van der Waals surface area contributed by atoms with Gasteiger partial charge in [-0.1, -0.05) is 170 Å². The zero-order valence-corrected chi connectivity index (χ0v) is 47.9. The van der Waals surface area contributed by atoms with E-state index in [4.69, 9.17) is 20.4 Å². The van der Waals surface area contributed by atoms with Crippen molar-refractivity contribution < 1.29 is 71.5 Å². The van der Waals surface area contributed by atoms with E-state index >= 15 is 0 Å². The van der Waals surface area contributed by atoms with E-state index in [1.807, 2.05) is 0 Å². The average Bonchev–Trinajstić information content (AvgIpc) is 3.32. The molecule has 0 amide bonds. The molecule has 0 saturated heterocycles. The Balaban J connectivity index is -0.000000272. The quantitative estimate of drug-likeness (QED) is 0.0284. The minimum absolute atomic E-state index is 0. The van der Waals surface area contributed by atoms with Crippen LogP contribution in [-0.2, 0) is 0 Å². The third-order valence-electron chi connectivity index (χ3n) is 15.6. The maximum absolute atomic E-state index is 10.1. The molecule has 0 saturated carbocycles. The molecule has 16 atom stereocenters. The molecular weight excluding hydrogens is 909 g/mol. The maximum atomic E-state index is 10.1. The largest absolute Gasteiger partial charge is 0.396 e. The maximum Gasteiger partial charge on any atom is 0.0850 e. The predicted molar refractivity (Wildman–Crippen MR) is 293 cm³/mol. The molecule has 0 heterocycles. The van der Waals surface area contributed by atoms with Crippen LogP contribution in [0.25, 0.3) is 0 Å². The molecule has 0 aliphatic heterocycles. The molecule has 14 heteroatoms. The van der Waals surface area contributed by atoms with Gasteiger partial charge in [-0.05, 0) is 85.9 Å². The lowest BCUT2D eigenvalue weighted by molar-refractivity contribution is -0.0771. The lowest BCUT2D eigenvalue weighted by atomic mass is 9.75. The molecule has 0 spiro atoms. The van der Waals surface area contributed by atoms with E-state index in [1.54, 1.807) is 27.7 Å². The van der Waals surface area contributed by atoms with Crippen LogP contribution in [0.5, 0.6) is 0 Å². The van der Waals surface area contributed by atoms with Crippen molar-refractivity contribution in [2.45, 2.75) is 295 Å². The Hall–Kier alpha value is -0.560. The van der Waals surface area contributed by atoms with Crippen molar-refractivity contribution in [1.29, 1.82) is 0 Å². The van der Waals surface area contributed by atoms with Crippen LogP contribution in [0, 0.1) is 45.3 Å². The second-order valence-corrected chi connectivity index (χ2v) is 23.0. The first kappa shape index (κ1) is 79.3. The SMILES string of the molecule is C.CCCC(C)(CC)C[C@@H](O)[C@@H](O)[C@H](C)[C@H](O)CO.CCCC(C)(CC)C[C@H](O)[C@@H](O)[C@H](C)[C@H](O)CO.CCCC(C)(CCC)C[C@@H](O)[C@H](O)[C@@H](C)CO.CCCC(C)(CCC)C[C@H](O)[C@@H](O)[C@H](C)CO. The van der Waals surface area contributed by atoms with Crippen LogP contribution < -0.4 is 0 Å². The zero-order chi connectivity index (χ0) is 55.6. The Morgan fingerprint density at radius 2 is 0.493 bits per heavy atom. The van der Waals surface area contributed by atoms with Gasteiger partial charge < -0.3 is 71.5 Å². The summed E-state index contributed by atoms with van der Waals surface area (Å²) in [7, 11) is 0. The highest BCUT2D eigenvalue weighted by molar-refractivity contribution is 4.87. The summed E-state index contributed by atoms with van der Waals surface area (Å²) in [5, 5.41) is 135. The van der Waals surface area contributed by atoms with Gasteiger partial charge in [-0.25, -0.2) is 0 Å². The van der Waals surface area contributed by atoms with E-state index in [9.17, 15) is 51.1 Å². The van der Waals surface area contributed by atoms with Gasteiger partial charge in [-0.2, -0.15) is 0 Å². The van der Waals surface area contributed by atoms with E-state index in [0.717, 1.165) is 89.9 Å². The zero-order valence-electron chi connectivity index (χ0n) is 47.9. The van der Waals surface area contributed by atoms with Crippen molar-refractivity contribution in [2.75, 3.05) is 26.4 Å². The van der Waals surface area contributed by atoms with Gasteiger partial charge in [-0.15, -0.1) is 0 Å². The van der Waals surface area contributed by atoms with Gasteiger partial charge in [0.2, 0.25) is 0 Å². The molecule has 0 aromatic rings. The highest BCUT2D eigenvalue weighted by atomic mass is 16.4. The van der Waals surface area contributed by atoms with Gasteiger partial charge >= 0.3 is 0 Å². The monoisotopic (exact) mass is 1030 g/mol. The second kappa shape index (κ2) is 42.5. The van der Waals surface area contributed by atoms with Crippen LogP contribution in [0.3, 0.4) is 0 Å². The van der Waals surface area contributed by atoms with Crippen molar-refractivity contribution in [3.63, 3.8) is 0 Å². The summed E-state index contributed by atoms with van der Waals surface area (Å²) in [6.45, 7) is 31.4. The third kappa shape index (κ3) is 33.3. The highest BCUT2D eigenvalue weighted by Crippen LogP contribution is 2.38. The Bertz CT molecular complexity index is 1080. The van der Waals surface area contributed by atoms with Crippen molar-refractivity contribution in [2.24, 2.45) is 45.3 Å². The normalized spacial score (nSPS) is 19.7. The molecule has 0 bridgehead atoms. The average molecular weight is 1030 g/mol. The molecule has 0 rings (SSSR count). The number of hydrogen-bond donors (Lipinski definition) is 14. The standard InChI is InChI=1S/2C14H30O4.2C14H30O3.CH4/c2*1-5-7-14(4,6-2)8-11(16)13(18)10(3)12(17)9-15;2*1-5-7-14(4,8-6-2)9-12(16)13(17)11(3)10-15;/h2*10-13,15-18H,5-9H2,1-4H3;2*11-13,15-17H,5-10H2,1-4H3;1H4/t10-,11+,12-,13+,14?;10-,11-,12-,13+,14?;2*11-,12+,13+;/m1110./s1. The van der Waals surface area contributed by atoms with Crippen LogP contribution in [0.2, 0.25) is 0 Å². The van der Waals surface area contributed by atoms with Crippen LogP contribution in [-0.4, -0.2) is 159 Å². The van der Waals surface area contributed by atoms with E-state index in [0.29, 0.717) is 25.7 Å². The molecule has 0 aromatic heterocycles. The number of hydrogen-bond acceptors (Lipinski definition) is 14. The van der Waals surface area contributed by atoms with Gasteiger partial charge in [0, 0.05) is 36.9 Å². The summed E-state index contributed by atoms with van der Waals surface area (Å²) < 4.78 is 0. The Labute approximate surface area is 436 Å². The van der Waals surface area contributed by atoms with E-state index < -0.39 is 86.1 Å². The van der Waals surface area contributed by atoms with Gasteiger partial charge in [0.15, 0.2) is 0 Å². The molecule has 2 unspecified atom stereocenters. The van der Waals surface area contributed by atoms with E-state index in [2.05, 4.69) is 83.1 Å². The summed E-state index contributed by atoms with van der Waals surface area (Å²) in [5.41, 5.74) is 0.218. The molecule has 0 aliphatic rings. The van der Waals surface area contributed by atoms with Crippen LogP contribution in [0.1, 0.15) is 234 Å². The fourth-order valence-electron chi connectivity index (χ4n) is 10.1. The Kier molecular flexibility index (Phi) is 47.5. The second-order valence-electron chi connectivity index (χ2n) is 23.0. The Morgan fingerprint density at radius 1 is 0.296 bits per heavy atom. The van der Waals surface area contributed by atoms with Gasteiger partial charge in [0.25, 0.3) is 0 Å². The molecule has 14 nitrogen and oxygen atoms in total. The first-order chi connectivity index (χ1) is 32.4. The third-order valence-corrected chi connectivity index (χ3v) is 15.6. The fourth-order valence-corrected chi connectivity index (χ4v) is 10.1. The van der Waals surface area contributed by atoms with Crippen molar-refractivity contribution in [3.8, 4) is 0 Å². The lowest BCUT2D eigenvalue weighted by Crippen LogP contribution is -2.41.